The van der Waals surface area contributed by atoms with Gasteiger partial charge in [0.25, 0.3) is 0 Å². The van der Waals surface area contributed by atoms with Crippen LogP contribution >= 0.6 is 11.6 Å². The molecule has 0 aliphatic heterocycles. The molecule has 35 heavy (non-hydrogen) atoms. The summed E-state index contributed by atoms with van der Waals surface area (Å²) in [7, 11) is 0. The van der Waals surface area contributed by atoms with E-state index in [1.807, 2.05) is 43.3 Å². The first-order valence-electron chi connectivity index (χ1n) is 11.3. The van der Waals surface area contributed by atoms with E-state index < -0.39 is 0 Å². The number of ether oxygens (including phenoxy) is 1. The maximum atomic E-state index is 10.6. The Bertz CT molecular complexity index is 1480. The average Bonchev–Trinajstić information content (AvgIpc) is 3.25. The van der Waals surface area contributed by atoms with E-state index in [1.165, 1.54) is 0 Å². The van der Waals surface area contributed by atoms with E-state index in [9.17, 15) is 5.11 Å². The fourth-order valence-corrected chi connectivity index (χ4v) is 4.32. The second-order valence-electron chi connectivity index (χ2n) is 8.56. The number of nitrogens with one attached hydrogen (secondary N) is 1. The minimum Gasteiger partial charge on any atom is -0.507 e. The maximum Gasteiger partial charge on any atom is 0.138 e. The number of aromatic hydroxyl groups is 1. The van der Waals surface area contributed by atoms with Crippen LogP contribution in [0.25, 0.3) is 33.3 Å². The van der Waals surface area contributed by atoms with Gasteiger partial charge in [-0.15, -0.1) is 0 Å². The number of benzene rings is 3. The fourth-order valence-electron chi connectivity index (χ4n) is 4.15. The number of rotatable bonds is 7. The van der Waals surface area contributed by atoms with Crippen LogP contribution in [0.15, 0.2) is 79.0 Å². The first-order chi connectivity index (χ1) is 17.0. The molecule has 1 atom stereocenters. The zero-order valence-electron chi connectivity index (χ0n) is 19.2. The Morgan fingerprint density at radius 2 is 1.86 bits per heavy atom. The van der Waals surface area contributed by atoms with Crippen molar-refractivity contribution in [3.8, 4) is 33.9 Å². The van der Waals surface area contributed by atoms with Crippen LogP contribution in [0.5, 0.6) is 11.5 Å². The smallest absolute Gasteiger partial charge is 0.138 e. The molecule has 0 radical (unpaired) electrons. The molecule has 0 saturated carbocycles. The Labute approximate surface area is 208 Å². The Morgan fingerprint density at radius 1 is 1.03 bits per heavy atom. The molecule has 176 valence electrons. The van der Waals surface area contributed by atoms with Crippen LogP contribution in [-0.4, -0.2) is 32.9 Å². The second kappa shape index (κ2) is 9.78. The molecular weight excluding hydrogens is 460 g/mol. The third kappa shape index (κ3) is 4.99. The molecular formula is C28H25ClN4O2. The summed E-state index contributed by atoms with van der Waals surface area (Å²) >= 11 is 6.24. The van der Waals surface area contributed by atoms with E-state index in [2.05, 4.69) is 33.4 Å². The summed E-state index contributed by atoms with van der Waals surface area (Å²) in [6, 6.07) is 22.8. The molecule has 2 aromatic heterocycles. The highest BCUT2D eigenvalue weighted by Crippen LogP contribution is 2.39. The highest BCUT2D eigenvalue weighted by Gasteiger charge is 2.17. The molecule has 0 spiro atoms. The van der Waals surface area contributed by atoms with Gasteiger partial charge >= 0.3 is 0 Å². The molecule has 0 aliphatic rings. The highest BCUT2D eigenvalue weighted by atomic mass is 35.5. The number of aromatic amines is 1. The molecule has 0 bridgehead atoms. The van der Waals surface area contributed by atoms with Gasteiger partial charge in [-0.1, -0.05) is 48.0 Å². The number of hydrogen-bond donors (Lipinski definition) is 3. The van der Waals surface area contributed by atoms with E-state index in [0.29, 0.717) is 35.1 Å². The Hall–Kier alpha value is -3.87. The number of aromatic nitrogens is 3. The first-order valence-corrected chi connectivity index (χ1v) is 11.7. The van der Waals surface area contributed by atoms with Crippen LogP contribution in [0, 0.1) is 6.92 Å². The van der Waals surface area contributed by atoms with Crippen LogP contribution in [0.3, 0.4) is 0 Å². The average molecular weight is 485 g/mol. The fraction of sp³-hybridized carbons (Fsp3) is 0.143. The lowest BCUT2D eigenvalue weighted by molar-refractivity contribution is 0.287. The number of halogens is 1. The van der Waals surface area contributed by atoms with Gasteiger partial charge in [-0.3, -0.25) is 10.1 Å². The zero-order chi connectivity index (χ0) is 24.4. The number of hydrogen-bond acceptors (Lipinski definition) is 5. The van der Waals surface area contributed by atoms with Crippen molar-refractivity contribution < 1.29 is 9.84 Å². The van der Waals surface area contributed by atoms with Crippen molar-refractivity contribution >= 4 is 22.5 Å². The van der Waals surface area contributed by atoms with Gasteiger partial charge < -0.3 is 15.6 Å². The molecule has 0 saturated heterocycles. The third-order valence-corrected chi connectivity index (χ3v) is 6.18. The van der Waals surface area contributed by atoms with Crippen LogP contribution in [0.2, 0.25) is 5.02 Å². The summed E-state index contributed by atoms with van der Waals surface area (Å²) in [5.41, 5.74) is 12.2. The van der Waals surface area contributed by atoms with Gasteiger partial charge in [-0.05, 0) is 60.9 Å². The number of pyridine rings is 1. The van der Waals surface area contributed by atoms with Gasteiger partial charge in [0.15, 0.2) is 0 Å². The zero-order valence-corrected chi connectivity index (χ0v) is 20.0. The van der Waals surface area contributed by atoms with Gasteiger partial charge in [-0.2, -0.15) is 5.10 Å². The van der Waals surface area contributed by atoms with Crippen LogP contribution < -0.4 is 10.5 Å². The van der Waals surface area contributed by atoms with Gasteiger partial charge in [0, 0.05) is 27.6 Å². The van der Waals surface area contributed by atoms with E-state index >= 15 is 0 Å². The van der Waals surface area contributed by atoms with Crippen molar-refractivity contribution in [2.24, 2.45) is 5.73 Å². The lowest BCUT2D eigenvalue weighted by atomic mass is 9.97. The number of fused-ring (bicyclic) bond motifs is 1. The molecule has 0 fully saturated rings. The molecule has 0 aliphatic carbocycles. The minimum absolute atomic E-state index is 0.0993. The standard InChI is InChI=1S/C28H25ClN4O2/c1-17-23-12-19(7-9-26(23)33-32-17)24-14-22(35-16-21(30)11-18-5-3-2-4-6-18)15-31-28(24)25-13-20(29)8-10-27(25)34/h2-10,12-15,21,34H,11,16,30H2,1H3,(H,32,33)/t21-/m1/s1. The normalized spacial score (nSPS) is 12.1. The topological polar surface area (TPSA) is 97.0 Å². The van der Waals surface area contributed by atoms with E-state index in [4.69, 9.17) is 22.1 Å². The van der Waals surface area contributed by atoms with E-state index in [1.54, 1.807) is 24.4 Å². The predicted octanol–water partition coefficient (Wildman–Crippen LogP) is 5.91. The highest BCUT2D eigenvalue weighted by molar-refractivity contribution is 6.31. The molecule has 0 amide bonds. The van der Waals surface area contributed by atoms with Crippen LogP contribution in [0.1, 0.15) is 11.3 Å². The SMILES string of the molecule is Cc1n[nH]c2ccc(-c3cc(OC[C@H](N)Cc4ccccc4)cnc3-c3cc(Cl)ccc3O)cc12. The van der Waals surface area contributed by atoms with Gasteiger partial charge in [0.05, 0.1) is 23.1 Å². The van der Waals surface area contributed by atoms with Crippen molar-refractivity contribution in [3.63, 3.8) is 0 Å². The van der Waals surface area contributed by atoms with Crippen molar-refractivity contribution in [1.82, 2.24) is 15.2 Å². The molecule has 5 aromatic rings. The number of nitrogens with two attached hydrogens (primary N) is 1. The number of aryl methyl sites for hydroxylation is 1. The molecule has 2 heterocycles. The molecule has 7 heteroatoms. The lowest BCUT2D eigenvalue weighted by Gasteiger charge is -2.16. The number of phenolic OH excluding ortho intramolecular Hbond substituents is 1. The molecule has 6 nitrogen and oxygen atoms in total. The summed E-state index contributed by atoms with van der Waals surface area (Å²) in [4.78, 5) is 4.67. The summed E-state index contributed by atoms with van der Waals surface area (Å²) in [5.74, 6) is 0.695. The van der Waals surface area contributed by atoms with Crippen molar-refractivity contribution in [3.05, 3.63) is 95.3 Å². The summed E-state index contributed by atoms with van der Waals surface area (Å²) in [6.45, 7) is 2.30. The largest absolute Gasteiger partial charge is 0.507 e. The van der Waals surface area contributed by atoms with Crippen molar-refractivity contribution in [1.29, 1.82) is 0 Å². The van der Waals surface area contributed by atoms with E-state index in [-0.39, 0.29) is 11.8 Å². The van der Waals surface area contributed by atoms with Gasteiger partial charge in [0.1, 0.15) is 18.1 Å². The maximum absolute atomic E-state index is 10.6. The minimum atomic E-state index is -0.164. The van der Waals surface area contributed by atoms with Gasteiger partial charge in [-0.25, -0.2) is 0 Å². The van der Waals surface area contributed by atoms with Gasteiger partial charge in [0.2, 0.25) is 0 Å². The predicted molar refractivity (Wildman–Crippen MR) is 140 cm³/mol. The molecule has 4 N–H and O–H groups in total. The Kier molecular flexibility index (Phi) is 6.40. The van der Waals surface area contributed by atoms with E-state index in [0.717, 1.165) is 33.3 Å². The first kappa shape index (κ1) is 22.9. The lowest BCUT2D eigenvalue weighted by Crippen LogP contribution is -2.30. The molecule has 5 rings (SSSR count). The number of nitrogens with zero attached hydrogens (tertiary/aromatic N) is 2. The second-order valence-corrected chi connectivity index (χ2v) is 9.00. The summed E-state index contributed by atoms with van der Waals surface area (Å²) in [6.07, 6.45) is 2.36. The number of phenols is 1. The monoisotopic (exact) mass is 484 g/mol. The number of H-pyrrole nitrogens is 1. The third-order valence-electron chi connectivity index (χ3n) is 5.95. The summed E-state index contributed by atoms with van der Waals surface area (Å²) < 4.78 is 6.05. The Morgan fingerprint density at radius 3 is 2.69 bits per heavy atom. The summed E-state index contributed by atoms with van der Waals surface area (Å²) in [5, 5.41) is 19.4. The van der Waals surface area contributed by atoms with Crippen molar-refractivity contribution in [2.45, 2.75) is 19.4 Å². The Balaban J connectivity index is 1.50. The molecule has 3 aromatic carbocycles. The van der Waals surface area contributed by atoms with Crippen LogP contribution in [0.4, 0.5) is 0 Å². The quantitative estimate of drug-likeness (QED) is 0.267. The molecule has 0 unspecified atom stereocenters. The van der Waals surface area contributed by atoms with Crippen molar-refractivity contribution in [2.75, 3.05) is 6.61 Å². The van der Waals surface area contributed by atoms with Crippen LogP contribution in [-0.2, 0) is 6.42 Å².